The lowest BCUT2D eigenvalue weighted by Crippen LogP contribution is -2.26. The average Bonchev–Trinajstić information content (AvgIpc) is 3.67. The summed E-state index contributed by atoms with van der Waals surface area (Å²) in [4.78, 5) is 2.31. The lowest BCUT2D eigenvalue weighted by Gasteiger charge is -2.33. The monoisotopic (exact) mass is 685 g/mol. The minimum atomic E-state index is 0.00672. The van der Waals surface area contributed by atoms with Crippen molar-refractivity contribution in [3.05, 3.63) is 186 Å². The van der Waals surface area contributed by atoms with Crippen molar-refractivity contribution in [2.24, 2.45) is 0 Å². The van der Waals surface area contributed by atoms with Gasteiger partial charge in [0.15, 0.2) is 0 Å². The fourth-order valence-electron chi connectivity index (χ4n) is 9.90. The molecule has 53 heavy (non-hydrogen) atoms. The summed E-state index contributed by atoms with van der Waals surface area (Å²) >= 11 is 0. The zero-order valence-corrected chi connectivity index (χ0v) is 31.4. The maximum Gasteiger partial charge on any atom is 0.0462 e. The standard InChI is InChI=1S/C52H47N/c1-5-51(6-2)47-22-16-15-21-43(47)45-34-46-44-32-29-39(33-48(44)52(7-3,8-4)50(46)35-49(45)51)38-25-23-36(24-26-38)37-27-30-42(31-28-37)53(40-17-11-9-12-18-40)41-19-13-10-14-20-41/h9-35H,5-8H2,1-4H3. The van der Waals surface area contributed by atoms with Gasteiger partial charge in [0.2, 0.25) is 0 Å². The number of para-hydroxylation sites is 2. The Bertz CT molecular complexity index is 2370. The lowest BCUT2D eigenvalue weighted by molar-refractivity contribution is 0.476. The largest absolute Gasteiger partial charge is 0.311 e. The highest BCUT2D eigenvalue weighted by Crippen LogP contribution is 2.59. The van der Waals surface area contributed by atoms with Gasteiger partial charge in [0.05, 0.1) is 0 Å². The van der Waals surface area contributed by atoms with Crippen molar-refractivity contribution >= 4 is 17.1 Å². The maximum absolute atomic E-state index is 2.64. The Morgan fingerprint density at radius 1 is 0.321 bits per heavy atom. The fourth-order valence-corrected chi connectivity index (χ4v) is 9.90. The third-order valence-corrected chi connectivity index (χ3v) is 12.9. The van der Waals surface area contributed by atoms with Crippen LogP contribution in [0.1, 0.15) is 75.6 Å². The lowest BCUT2D eigenvalue weighted by atomic mass is 9.70. The van der Waals surface area contributed by atoms with Gasteiger partial charge in [-0.05, 0) is 141 Å². The Balaban J connectivity index is 1.05. The normalized spacial score (nSPS) is 14.3. The number of benzene rings is 7. The van der Waals surface area contributed by atoms with E-state index in [0.29, 0.717) is 0 Å². The second-order valence-corrected chi connectivity index (χ2v) is 15.0. The summed E-state index contributed by atoms with van der Waals surface area (Å²) in [6.45, 7) is 9.54. The van der Waals surface area contributed by atoms with Gasteiger partial charge in [0.1, 0.15) is 0 Å². The Morgan fingerprint density at radius 2 is 0.717 bits per heavy atom. The molecular weight excluding hydrogens is 639 g/mol. The SMILES string of the molecule is CCC1(CC)c2ccccc2-c2cc3c(cc21)C(CC)(CC)c1cc(-c2ccc(-c4ccc(N(c5ccccc5)c5ccccc5)cc4)cc2)ccc1-3. The molecule has 0 heterocycles. The van der Waals surface area contributed by atoms with Gasteiger partial charge < -0.3 is 4.90 Å². The summed E-state index contributed by atoms with van der Waals surface area (Å²) in [5.41, 5.74) is 20.3. The van der Waals surface area contributed by atoms with Crippen molar-refractivity contribution in [3.63, 3.8) is 0 Å². The molecule has 2 aliphatic rings. The molecular formula is C52H47N. The summed E-state index contributed by atoms with van der Waals surface area (Å²) in [6.07, 6.45) is 4.42. The predicted octanol–water partition coefficient (Wildman–Crippen LogP) is 14.7. The molecule has 0 unspecified atom stereocenters. The summed E-state index contributed by atoms with van der Waals surface area (Å²) in [5.74, 6) is 0. The second-order valence-electron chi connectivity index (χ2n) is 15.0. The van der Waals surface area contributed by atoms with Crippen LogP contribution in [0.15, 0.2) is 164 Å². The number of rotatable bonds is 9. The molecule has 9 rings (SSSR count). The van der Waals surface area contributed by atoms with Crippen molar-refractivity contribution in [1.29, 1.82) is 0 Å². The molecule has 0 fully saturated rings. The molecule has 260 valence electrons. The van der Waals surface area contributed by atoms with E-state index in [1.165, 1.54) is 61.2 Å². The molecule has 0 radical (unpaired) electrons. The first-order valence-electron chi connectivity index (χ1n) is 19.6. The van der Waals surface area contributed by atoms with E-state index in [4.69, 9.17) is 0 Å². The highest BCUT2D eigenvalue weighted by Gasteiger charge is 2.46. The molecule has 0 saturated heterocycles. The minimum absolute atomic E-state index is 0.00672. The summed E-state index contributed by atoms with van der Waals surface area (Å²) in [6, 6.07) is 60.9. The fraction of sp³-hybridized carbons (Fsp3) is 0.192. The van der Waals surface area contributed by atoms with Crippen molar-refractivity contribution in [2.75, 3.05) is 4.90 Å². The highest BCUT2D eigenvalue weighted by molar-refractivity contribution is 5.91. The van der Waals surface area contributed by atoms with Crippen molar-refractivity contribution in [2.45, 2.75) is 64.2 Å². The van der Waals surface area contributed by atoms with Gasteiger partial charge in [0.25, 0.3) is 0 Å². The van der Waals surface area contributed by atoms with Crippen LogP contribution in [0.4, 0.5) is 17.1 Å². The van der Waals surface area contributed by atoms with E-state index in [-0.39, 0.29) is 10.8 Å². The van der Waals surface area contributed by atoms with Crippen LogP contribution in [0.25, 0.3) is 44.5 Å². The van der Waals surface area contributed by atoms with Gasteiger partial charge in [0, 0.05) is 27.9 Å². The molecule has 0 spiro atoms. The van der Waals surface area contributed by atoms with Crippen LogP contribution in [0.5, 0.6) is 0 Å². The second kappa shape index (κ2) is 13.1. The van der Waals surface area contributed by atoms with E-state index in [1.807, 2.05) is 0 Å². The molecule has 0 N–H and O–H groups in total. The van der Waals surface area contributed by atoms with E-state index >= 15 is 0 Å². The van der Waals surface area contributed by atoms with Crippen molar-refractivity contribution < 1.29 is 0 Å². The van der Waals surface area contributed by atoms with E-state index in [9.17, 15) is 0 Å². The third kappa shape index (κ3) is 5.05. The molecule has 0 amide bonds. The van der Waals surface area contributed by atoms with Crippen LogP contribution in [0, 0.1) is 0 Å². The Hall–Kier alpha value is -5.66. The zero-order chi connectivity index (χ0) is 36.2. The number of anilines is 3. The van der Waals surface area contributed by atoms with Gasteiger partial charge in [-0.25, -0.2) is 0 Å². The molecule has 0 aromatic heterocycles. The zero-order valence-electron chi connectivity index (χ0n) is 31.4. The first-order chi connectivity index (χ1) is 26.0. The smallest absolute Gasteiger partial charge is 0.0462 e. The van der Waals surface area contributed by atoms with E-state index in [0.717, 1.165) is 42.7 Å². The molecule has 1 heteroatoms. The van der Waals surface area contributed by atoms with E-state index in [1.54, 1.807) is 5.56 Å². The van der Waals surface area contributed by atoms with Gasteiger partial charge in [-0.1, -0.05) is 143 Å². The third-order valence-electron chi connectivity index (χ3n) is 12.9. The Morgan fingerprint density at radius 3 is 1.26 bits per heavy atom. The van der Waals surface area contributed by atoms with Crippen molar-refractivity contribution in [3.8, 4) is 44.5 Å². The number of hydrogen-bond donors (Lipinski definition) is 0. The minimum Gasteiger partial charge on any atom is -0.311 e. The van der Waals surface area contributed by atoms with E-state index in [2.05, 4.69) is 196 Å². The molecule has 7 aromatic rings. The van der Waals surface area contributed by atoms with Crippen LogP contribution in [-0.2, 0) is 10.8 Å². The highest BCUT2D eigenvalue weighted by atomic mass is 15.1. The van der Waals surface area contributed by atoms with Crippen LogP contribution >= 0.6 is 0 Å². The first-order valence-corrected chi connectivity index (χ1v) is 19.6. The first kappa shape index (κ1) is 33.2. The van der Waals surface area contributed by atoms with Crippen LogP contribution in [0.3, 0.4) is 0 Å². The van der Waals surface area contributed by atoms with Crippen LogP contribution in [-0.4, -0.2) is 0 Å². The molecule has 1 nitrogen and oxygen atoms in total. The number of nitrogens with zero attached hydrogens (tertiary/aromatic N) is 1. The topological polar surface area (TPSA) is 3.24 Å². The van der Waals surface area contributed by atoms with Crippen LogP contribution in [0.2, 0.25) is 0 Å². The number of fused-ring (bicyclic) bond motifs is 6. The average molecular weight is 686 g/mol. The van der Waals surface area contributed by atoms with Gasteiger partial charge in [-0.2, -0.15) is 0 Å². The maximum atomic E-state index is 2.64. The van der Waals surface area contributed by atoms with Crippen molar-refractivity contribution in [1.82, 2.24) is 0 Å². The molecule has 7 aromatic carbocycles. The van der Waals surface area contributed by atoms with Crippen LogP contribution < -0.4 is 4.90 Å². The van der Waals surface area contributed by atoms with Gasteiger partial charge in [-0.15, -0.1) is 0 Å². The summed E-state index contributed by atoms with van der Waals surface area (Å²) in [7, 11) is 0. The molecule has 2 aliphatic carbocycles. The van der Waals surface area contributed by atoms with Gasteiger partial charge in [-0.3, -0.25) is 0 Å². The quantitative estimate of drug-likeness (QED) is 0.146. The van der Waals surface area contributed by atoms with E-state index < -0.39 is 0 Å². The number of hydrogen-bond acceptors (Lipinski definition) is 1. The molecule has 0 aliphatic heterocycles. The predicted molar refractivity (Wildman–Crippen MR) is 226 cm³/mol. The Labute approximate surface area is 315 Å². The summed E-state index contributed by atoms with van der Waals surface area (Å²) < 4.78 is 0. The van der Waals surface area contributed by atoms with Gasteiger partial charge >= 0.3 is 0 Å². The summed E-state index contributed by atoms with van der Waals surface area (Å²) in [5, 5.41) is 0. The Kier molecular flexibility index (Phi) is 8.19. The molecule has 0 saturated carbocycles. The molecule has 0 atom stereocenters. The molecule has 0 bridgehead atoms.